The molecule has 0 saturated carbocycles. The van der Waals surface area contributed by atoms with Gasteiger partial charge in [-0.1, -0.05) is 25.1 Å². The number of Topliss-reactive ketones (excluding diaryl/α,β-unsaturated/α-hetero) is 1. The van der Waals surface area contributed by atoms with Crippen molar-refractivity contribution in [2.24, 2.45) is 5.92 Å². The molecule has 0 fully saturated rings. The van der Waals surface area contributed by atoms with Crippen LogP contribution < -0.4 is 4.90 Å². The third-order valence-corrected chi connectivity index (χ3v) is 3.49. The zero-order chi connectivity index (χ0) is 16.7. The molecule has 1 atom stereocenters. The molecule has 1 aromatic rings. The predicted octanol–water partition coefficient (Wildman–Crippen LogP) is 2.22. The molecule has 0 aliphatic heterocycles. The third-order valence-electron chi connectivity index (χ3n) is 3.49. The smallest absolute Gasteiger partial charge is 0.243 e. The minimum atomic E-state index is -0.979. The van der Waals surface area contributed by atoms with Crippen LogP contribution in [0.4, 0.5) is 5.69 Å². The van der Waals surface area contributed by atoms with Gasteiger partial charge in [-0.2, -0.15) is 0 Å². The molecule has 1 unspecified atom stereocenters. The molecular formula is C17H25N3O2. The Morgan fingerprint density at radius 2 is 1.73 bits per heavy atom. The van der Waals surface area contributed by atoms with Gasteiger partial charge in [-0.15, -0.1) is 0 Å². The molecule has 0 aliphatic carbocycles. The van der Waals surface area contributed by atoms with Crippen molar-refractivity contribution in [3.63, 3.8) is 0 Å². The first-order chi connectivity index (χ1) is 10.4. The highest BCUT2D eigenvalue weighted by Gasteiger charge is 2.31. The topological polar surface area (TPSA) is 64.5 Å². The fourth-order valence-corrected chi connectivity index (χ4v) is 2.20. The number of carbonyl (C=O) groups is 2. The summed E-state index contributed by atoms with van der Waals surface area (Å²) in [7, 11) is 3.87. The Labute approximate surface area is 132 Å². The zero-order valence-corrected chi connectivity index (χ0v) is 13.8. The van der Waals surface area contributed by atoms with Crippen molar-refractivity contribution in [3.05, 3.63) is 30.3 Å². The third kappa shape index (κ3) is 4.77. The second kappa shape index (κ2) is 8.44. The Kier molecular flexibility index (Phi) is 6.92. The van der Waals surface area contributed by atoms with Gasteiger partial charge in [0.1, 0.15) is 11.7 Å². The van der Waals surface area contributed by atoms with Crippen molar-refractivity contribution in [3.8, 4) is 0 Å². The molecule has 22 heavy (non-hydrogen) atoms. The van der Waals surface area contributed by atoms with Crippen LogP contribution in [-0.2, 0) is 9.59 Å². The van der Waals surface area contributed by atoms with E-state index in [1.165, 1.54) is 6.92 Å². The summed E-state index contributed by atoms with van der Waals surface area (Å²) in [5, 5.41) is 7.95. The minimum Gasteiger partial charge on any atom is -0.310 e. The molecule has 0 bridgehead atoms. The van der Waals surface area contributed by atoms with Crippen molar-refractivity contribution in [2.45, 2.75) is 20.3 Å². The van der Waals surface area contributed by atoms with Crippen LogP contribution in [0.25, 0.3) is 0 Å². The lowest BCUT2D eigenvalue weighted by Gasteiger charge is -2.28. The number of carbonyl (C=O) groups excluding carboxylic acids is 2. The monoisotopic (exact) mass is 303 g/mol. The number of nitrogens with one attached hydrogen (secondary N) is 1. The van der Waals surface area contributed by atoms with Crippen LogP contribution in [0.15, 0.2) is 30.3 Å². The van der Waals surface area contributed by atoms with Gasteiger partial charge < -0.3 is 15.2 Å². The molecule has 0 radical (unpaired) electrons. The molecule has 1 rings (SSSR count). The number of ketones is 1. The van der Waals surface area contributed by atoms with Gasteiger partial charge >= 0.3 is 0 Å². The maximum atomic E-state index is 12.8. The van der Waals surface area contributed by atoms with Crippen LogP contribution >= 0.6 is 0 Å². The molecule has 0 spiro atoms. The summed E-state index contributed by atoms with van der Waals surface area (Å²) < 4.78 is 0. The average molecular weight is 303 g/mol. The molecule has 0 heterocycles. The summed E-state index contributed by atoms with van der Waals surface area (Å²) in [6.45, 7) is 4.33. The molecule has 0 aliphatic rings. The molecule has 120 valence electrons. The summed E-state index contributed by atoms with van der Waals surface area (Å²) in [4.78, 5) is 28.3. The van der Waals surface area contributed by atoms with Gasteiger partial charge in [0, 0.05) is 24.5 Å². The summed E-state index contributed by atoms with van der Waals surface area (Å²) in [5.41, 5.74) is 0.924. The van der Waals surface area contributed by atoms with Crippen LogP contribution in [0.3, 0.4) is 0 Å². The second-order valence-corrected chi connectivity index (χ2v) is 5.55. The normalized spacial score (nSPS) is 12.0. The van der Waals surface area contributed by atoms with E-state index in [2.05, 4.69) is 0 Å². The largest absolute Gasteiger partial charge is 0.310 e. The molecule has 1 aromatic carbocycles. The van der Waals surface area contributed by atoms with Crippen LogP contribution in [0.2, 0.25) is 0 Å². The minimum absolute atomic E-state index is 0.170. The van der Waals surface area contributed by atoms with Gasteiger partial charge in [0.2, 0.25) is 5.91 Å². The Morgan fingerprint density at radius 3 is 2.18 bits per heavy atom. The van der Waals surface area contributed by atoms with Crippen molar-refractivity contribution in [1.29, 1.82) is 5.41 Å². The summed E-state index contributed by atoms with van der Waals surface area (Å²) >= 11 is 0. The molecule has 1 amide bonds. The molecule has 5 heteroatoms. The van der Waals surface area contributed by atoms with E-state index in [1.54, 1.807) is 11.8 Å². The number of nitrogens with zero attached hydrogens (tertiary/aromatic N) is 2. The number of likely N-dealkylation sites (N-methyl/N-ethyl adjacent to an activating group) is 1. The highest BCUT2D eigenvalue weighted by Crippen LogP contribution is 2.18. The van der Waals surface area contributed by atoms with Gasteiger partial charge in [-0.3, -0.25) is 9.59 Å². The Morgan fingerprint density at radius 1 is 1.14 bits per heavy atom. The first-order valence-corrected chi connectivity index (χ1v) is 7.47. The summed E-state index contributed by atoms with van der Waals surface area (Å²) in [6, 6.07) is 9.30. The molecule has 0 aromatic heterocycles. The highest BCUT2D eigenvalue weighted by atomic mass is 16.2. The van der Waals surface area contributed by atoms with E-state index < -0.39 is 5.92 Å². The van der Waals surface area contributed by atoms with Gasteiger partial charge in [0.15, 0.2) is 0 Å². The maximum absolute atomic E-state index is 12.8. The first kappa shape index (κ1) is 18.0. The number of anilines is 1. The number of rotatable bonds is 8. The molecule has 5 nitrogen and oxygen atoms in total. The lowest BCUT2D eigenvalue weighted by molar-refractivity contribution is -0.128. The Balaban J connectivity index is 3.10. The Hall–Kier alpha value is -2.01. The van der Waals surface area contributed by atoms with Crippen LogP contribution in [0.5, 0.6) is 0 Å². The maximum Gasteiger partial charge on any atom is 0.243 e. The zero-order valence-electron chi connectivity index (χ0n) is 13.8. The van der Waals surface area contributed by atoms with E-state index in [0.717, 1.165) is 5.69 Å². The lowest BCUT2D eigenvalue weighted by Crippen LogP contribution is -2.45. The number of hydrogen-bond acceptors (Lipinski definition) is 4. The predicted molar refractivity (Wildman–Crippen MR) is 89.5 cm³/mol. The quantitative estimate of drug-likeness (QED) is 0.591. The molecular weight excluding hydrogens is 278 g/mol. The second-order valence-electron chi connectivity index (χ2n) is 5.55. The summed E-state index contributed by atoms with van der Waals surface area (Å²) in [5.74, 6) is -1.57. The standard InChI is InChI=1S/C17H25N3O2/c1-5-15(18)16(13(2)21)17(22)20(12-11-19(3)4)14-9-7-6-8-10-14/h6-10,16,18H,5,11-12H2,1-4H3. The van der Waals surface area contributed by atoms with E-state index in [9.17, 15) is 9.59 Å². The number of hydrogen-bond donors (Lipinski definition) is 1. The number of benzene rings is 1. The van der Waals surface area contributed by atoms with E-state index in [-0.39, 0.29) is 17.4 Å². The van der Waals surface area contributed by atoms with Crippen LogP contribution in [-0.4, -0.2) is 49.5 Å². The van der Waals surface area contributed by atoms with Crippen LogP contribution in [0.1, 0.15) is 20.3 Å². The van der Waals surface area contributed by atoms with Crippen LogP contribution in [0, 0.1) is 11.3 Å². The van der Waals surface area contributed by atoms with Gasteiger partial charge in [-0.25, -0.2) is 0 Å². The SMILES string of the molecule is CCC(=N)C(C(C)=O)C(=O)N(CCN(C)C)c1ccccc1. The van der Waals surface area contributed by atoms with Crippen molar-refractivity contribution >= 4 is 23.1 Å². The van der Waals surface area contributed by atoms with Crippen molar-refractivity contribution < 1.29 is 9.59 Å². The van der Waals surface area contributed by atoms with E-state index in [0.29, 0.717) is 19.5 Å². The van der Waals surface area contributed by atoms with E-state index in [1.807, 2.05) is 49.3 Å². The lowest BCUT2D eigenvalue weighted by atomic mass is 9.95. The highest BCUT2D eigenvalue weighted by molar-refractivity contribution is 6.22. The van der Waals surface area contributed by atoms with Gasteiger partial charge in [0.25, 0.3) is 0 Å². The fraction of sp³-hybridized carbons (Fsp3) is 0.471. The van der Waals surface area contributed by atoms with Crippen molar-refractivity contribution in [2.75, 3.05) is 32.1 Å². The Bertz CT molecular complexity index is 526. The van der Waals surface area contributed by atoms with E-state index >= 15 is 0 Å². The molecule has 1 N–H and O–H groups in total. The summed E-state index contributed by atoms with van der Waals surface area (Å²) in [6.07, 6.45) is 0.395. The first-order valence-electron chi connectivity index (χ1n) is 7.47. The average Bonchev–Trinajstić information content (AvgIpc) is 2.47. The molecule has 0 saturated heterocycles. The fourth-order valence-electron chi connectivity index (χ4n) is 2.20. The van der Waals surface area contributed by atoms with E-state index in [4.69, 9.17) is 5.41 Å². The van der Waals surface area contributed by atoms with Gasteiger partial charge in [-0.05, 0) is 39.6 Å². The number of amides is 1. The number of para-hydroxylation sites is 1. The van der Waals surface area contributed by atoms with Gasteiger partial charge in [0.05, 0.1) is 0 Å². The van der Waals surface area contributed by atoms with Crippen molar-refractivity contribution in [1.82, 2.24) is 4.90 Å².